The largest absolute Gasteiger partial charge is 0.444 e. The Morgan fingerprint density at radius 1 is 1.46 bits per heavy atom. The van der Waals surface area contributed by atoms with Crippen LogP contribution in [0, 0.1) is 23.7 Å². The second kappa shape index (κ2) is 9.10. The second-order valence-electron chi connectivity index (χ2n) is 7.62. The fraction of sp³-hybridized carbons (Fsp3) is 0.737. The third kappa shape index (κ3) is 7.85. The average Bonchev–Trinajstić information content (AvgIpc) is 2.41. The van der Waals surface area contributed by atoms with Gasteiger partial charge in [0.2, 0.25) is 0 Å². The normalized spacial score (nSPS) is 25.4. The highest BCUT2D eigenvalue weighted by molar-refractivity contribution is 5.67. The summed E-state index contributed by atoms with van der Waals surface area (Å²) in [6.07, 6.45) is 0.921. The van der Waals surface area contributed by atoms with E-state index in [1.54, 1.807) is 20.8 Å². The van der Waals surface area contributed by atoms with Crippen molar-refractivity contribution in [1.82, 2.24) is 5.32 Å². The van der Waals surface area contributed by atoms with Crippen LogP contribution in [0.1, 0.15) is 53.4 Å². The number of carbonyl (C=O) groups is 1. The number of amides is 1. The molecule has 0 aromatic rings. The number of hydrogen-bond acceptors (Lipinski definition) is 4. The van der Waals surface area contributed by atoms with Crippen LogP contribution in [0.2, 0.25) is 0 Å². The molecule has 1 rings (SSSR count). The molecule has 0 saturated heterocycles. The van der Waals surface area contributed by atoms with Crippen molar-refractivity contribution in [2.24, 2.45) is 11.8 Å². The number of rotatable bonds is 4. The zero-order chi connectivity index (χ0) is 18.3. The van der Waals surface area contributed by atoms with E-state index >= 15 is 0 Å². The van der Waals surface area contributed by atoms with Crippen LogP contribution in [0.4, 0.5) is 4.79 Å². The highest BCUT2D eigenvalue weighted by atomic mass is 16.6. The minimum atomic E-state index is -0.745. The van der Waals surface area contributed by atoms with Gasteiger partial charge in [-0.1, -0.05) is 25.3 Å². The molecule has 1 aliphatic rings. The molecular formula is C19H31NO4. The van der Waals surface area contributed by atoms with Gasteiger partial charge in [0.15, 0.2) is 0 Å². The van der Waals surface area contributed by atoms with Gasteiger partial charge in [-0.15, -0.1) is 0 Å². The SMILES string of the molecule is C=C1[C@@H](C[C@@H](O)C#CCCNC(=O)OC(C)(C)C)C[C@H](C)C[C@@H]1O. The highest BCUT2D eigenvalue weighted by Crippen LogP contribution is 2.35. The van der Waals surface area contributed by atoms with E-state index in [0.717, 1.165) is 18.4 Å². The molecule has 0 bridgehead atoms. The van der Waals surface area contributed by atoms with Gasteiger partial charge >= 0.3 is 6.09 Å². The maximum Gasteiger partial charge on any atom is 0.407 e. The molecule has 136 valence electrons. The Labute approximate surface area is 145 Å². The fourth-order valence-corrected chi connectivity index (χ4v) is 2.85. The summed E-state index contributed by atoms with van der Waals surface area (Å²) in [5, 5.41) is 22.6. The summed E-state index contributed by atoms with van der Waals surface area (Å²) in [6, 6.07) is 0. The molecule has 0 radical (unpaired) electrons. The molecule has 0 spiro atoms. The first-order chi connectivity index (χ1) is 11.1. The number of alkyl carbamates (subject to hydrolysis) is 1. The highest BCUT2D eigenvalue weighted by Gasteiger charge is 2.29. The first kappa shape index (κ1) is 20.5. The van der Waals surface area contributed by atoms with Crippen molar-refractivity contribution in [3.8, 4) is 11.8 Å². The van der Waals surface area contributed by atoms with Gasteiger partial charge in [0, 0.05) is 13.0 Å². The minimum Gasteiger partial charge on any atom is -0.444 e. The molecule has 0 unspecified atom stereocenters. The quantitative estimate of drug-likeness (QED) is 0.419. The van der Waals surface area contributed by atoms with Gasteiger partial charge in [-0.3, -0.25) is 0 Å². The van der Waals surface area contributed by atoms with Crippen LogP contribution in [0.15, 0.2) is 12.2 Å². The van der Waals surface area contributed by atoms with E-state index in [-0.39, 0.29) is 5.92 Å². The van der Waals surface area contributed by atoms with Gasteiger partial charge in [-0.25, -0.2) is 4.79 Å². The molecule has 5 heteroatoms. The van der Waals surface area contributed by atoms with Gasteiger partial charge in [0.05, 0.1) is 6.10 Å². The topological polar surface area (TPSA) is 78.8 Å². The molecule has 4 atom stereocenters. The molecule has 1 saturated carbocycles. The van der Waals surface area contributed by atoms with Crippen molar-refractivity contribution >= 4 is 6.09 Å². The van der Waals surface area contributed by atoms with E-state index in [2.05, 4.69) is 30.7 Å². The Bertz CT molecular complexity index is 498. The second-order valence-corrected chi connectivity index (χ2v) is 7.62. The number of carbonyl (C=O) groups excluding carboxylic acids is 1. The molecule has 0 aromatic heterocycles. The molecule has 1 fully saturated rings. The molecule has 1 amide bonds. The maximum absolute atomic E-state index is 11.5. The van der Waals surface area contributed by atoms with Crippen LogP contribution in [-0.2, 0) is 4.74 Å². The zero-order valence-corrected chi connectivity index (χ0v) is 15.3. The van der Waals surface area contributed by atoms with Crippen molar-refractivity contribution in [1.29, 1.82) is 0 Å². The van der Waals surface area contributed by atoms with Crippen LogP contribution < -0.4 is 5.32 Å². The maximum atomic E-state index is 11.5. The first-order valence-electron chi connectivity index (χ1n) is 8.58. The summed E-state index contributed by atoms with van der Waals surface area (Å²) < 4.78 is 5.12. The van der Waals surface area contributed by atoms with Gasteiger partial charge in [0.25, 0.3) is 0 Å². The van der Waals surface area contributed by atoms with Crippen molar-refractivity contribution in [3.63, 3.8) is 0 Å². The summed E-state index contributed by atoms with van der Waals surface area (Å²) in [7, 11) is 0. The lowest BCUT2D eigenvalue weighted by Crippen LogP contribution is -2.32. The van der Waals surface area contributed by atoms with Crippen molar-refractivity contribution in [2.45, 2.75) is 71.2 Å². The van der Waals surface area contributed by atoms with Crippen LogP contribution in [0.3, 0.4) is 0 Å². The van der Waals surface area contributed by atoms with Gasteiger partial charge in [-0.2, -0.15) is 0 Å². The molecule has 24 heavy (non-hydrogen) atoms. The fourth-order valence-electron chi connectivity index (χ4n) is 2.85. The lowest BCUT2D eigenvalue weighted by molar-refractivity contribution is 0.0529. The lowest BCUT2D eigenvalue weighted by atomic mass is 9.75. The van der Waals surface area contributed by atoms with E-state index < -0.39 is 23.9 Å². The molecule has 5 nitrogen and oxygen atoms in total. The van der Waals surface area contributed by atoms with Crippen molar-refractivity contribution in [2.75, 3.05) is 6.54 Å². The van der Waals surface area contributed by atoms with Crippen LogP contribution in [-0.4, -0.2) is 40.7 Å². The van der Waals surface area contributed by atoms with Gasteiger partial charge in [0.1, 0.15) is 11.7 Å². The number of hydrogen-bond donors (Lipinski definition) is 3. The van der Waals surface area contributed by atoms with Crippen LogP contribution in [0.25, 0.3) is 0 Å². The Hall–Kier alpha value is -1.51. The standard InChI is InChI=1S/C19H31NO4/c1-13-10-15(14(2)17(22)11-13)12-16(21)8-6-7-9-20-18(23)24-19(3,4)5/h13,15-17,21-22H,2,7,9-12H2,1,3-5H3,(H,20,23)/t13-,15+,16-,17-/m0/s1. The van der Waals surface area contributed by atoms with Crippen molar-refractivity contribution < 1.29 is 19.7 Å². The zero-order valence-electron chi connectivity index (χ0n) is 15.3. The predicted molar refractivity (Wildman–Crippen MR) is 94.3 cm³/mol. The molecular weight excluding hydrogens is 306 g/mol. The Morgan fingerprint density at radius 3 is 2.75 bits per heavy atom. The molecule has 3 N–H and O–H groups in total. The smallest absolute Gasteiger partial charge is 0.407 e. The molecule has 0 heterocycles. The van der Waals surface area contributed by atoms with E-state index in [0.29, 0.717) is 25.3 Å². The third-order valence-corrected chi connectivity index (χ3v) is 3.96. The van der Waals surface area contributed by atoms with E-state index in [9.17, 15) is 15.0 Å². The molecule has 0 aliphatic heterocycles. The number of aliphatic hydroxyl groups is 2. The Morgan fingerprint density at radius 2 is 2.12 bits per heavy atom. The summed E-state index contributed by atoms with van der Waals surface area (Å²) >= 11 is 0. The van der Waals surface area contributed by atoms with Crippen LogP contribution in [0.5, 0.6) is 0 Å². The number of ether oxygens (including phenoxy) is 1. The predicted octanol–water partition coefficient (Wildman–Crippen LogP) is 2.62. The van der Waals surface area contributed by atoms with E-state index in [1.807, 2.05) is 0 Å². The van der Waals surface area contributed by atoms with Crippen LogP contribution >= 0.6 is 0 Å². The Kier molecular flexibility index (Phi) is 7.78. The number of nitrogens with one attached hydrogen (secondary N) is 1. The summed E-state index contributed by atoms with van der Waals surface area (Å²) in [4.78, 5) is 11.5. The summed E-state index contributed by atoms with van der Waals surface area (Å²) in [6.45, 7) is 11.8. The van der Waals surface area contributed by atoms with Gasteiger partial charge in [-0.05, 0) is 57.4 Å². The van der Waals surface area contributed by atoms with Crippen molar-refractivity contribution in [3.05, 3.63) is 12.2 Å². The van der Waals surface area contributed by atoms with E-state index in [4.69, 9.17) is 4.74 Å². The average molecular weight is 337 g/mol. The molecule has 1 aliphatic carbocycles. The Balaban J connectivity index is 2.31. The minimum absolute atomic E-state index is 0.105. The molecule has 0 aromatic carbocycles. The number of aliphatic hydroxyl groups excluding tert-OH is 2. The third-order valence-electron chi connectivity index (χ3n) is 3.96. The lowest BCUT2D eigenvalue weighted by Gasteiger charge is -2.33. The summed E-state index contributed by atoms with van der Waals surface area (Å²) in [5.41, 5.74) is 0.288. The summed E-state index contributed by atoms with van der Waals surface area (Å²) in [5.74, 6) is 6.19. The first-order valence-corrected chi connectivity index (χ1v) is 8.58. The van der Waals surface area contributed by atoms with Gasteiger partial charge < -0.3 is 20.3 Å². The monoisotopic (exact) mass is 337 g/mol. The van der Waals surface area contributed by atoms with E-state index in [1.165, 1.54) is 0 Å².